The van der Waals surface area contributed by atoms with Crippen LogP contribution in [0.25, 0.3) is 0 Å². The average Bonchev–Trinajstić information content (AvgIpc) is 2.22. The number of aliphatic carboxylic acids is 1. The lowest BCUT2D eigenvalue weighted by Gasteiger charge is -2.19. The summed E-state index contributed by atoms with van der Waals surface area (Å²) in [4.78, 5) is 22.2. The molecule has 0 aliphatic rings. The molecular formula is C10H19NO6S. The van der Waals surface area contributed by atoms with Crippen LogP contribution in [0.4, 0.5) is 4.79 Å². The second kappa shape index (κ2) is 7.20. The molecule has 0 aromatic carbocycles. The summed E-state index contributed by atoms with van der Waals surface area (Å²) in [6.45, 7) is 3.20. The fourth-order valence-corrected chi connectivity index (χ4v) is 1.52. The molecule has 0 saturated carbocycles. The first kappa shape index (κ1) is 16.7. The minimum atomic E-state index is -3.21. The molecule has 0 unspecified atom stereocenters. The summed E-state index contributed by atoms with van der Waals surface area (Å²) < 4.78 is 26.2. The Hall–Kier alpha value is -1.31. The lowest BCUT2D eigenvalue weighted by molar-refractivity contribution is -0.140. The number of carboxylic acids is 1. The summed E-state index contributed by atoms with van der Waals surface area (Å²) in [6.07, 6.45) is 0.681. The number of carbonyl (C=O) groups excluding carboxylic acids is 1. The molecule has 0 saturated heterocycles. The highest BCUT2D eigenvalue weighted by Crippen LogP contribution is 2.08. The Morgan fingerprint density at radius 3 is 2.33 bits per heavy atom. The van der Waals surface area contributed by atoms with Gasteiger partial charge in [-0.1, -0.05) is 20.3 Å². The van der Waals surface area contributed by atoms with Gasteiger partial charge in [-0.15, -0.1) is 0 Å². The third-order valence-electron chi connectivity index (χ3n) is 2.44. The number of carbonyl (C=O) groups is 2. The molecule has 18 heavy (non-hydrogen) atoms. The number of hydrogen-bond acceptors (Lipinski definition) is 5. The zero-order valence-corrected chi connectivity index (χ0v) is 11.5. The van der Waals surface area contributed by atoms with Crippen LogP contribution in [0.2, 0.25) is 0 Å². The van der Waals surface area contributed by atoms with Crippen molar-refractivity contribution in [1.29, 1.82) is 0 Å². The van der Waals surface area contributed by atoms with Gasteiger partial charge in [0, 0.05) is 6.26 Å². The maximum absolute atomic E-state index is 11.3. The van der Waals surface area contributed by atoms with Crippen LogP contribution in [0, 0.1) is 5.92 Å². The lowest BCUT2D eigenvalue weighted by Crippen LogP contribution is -2.45. The molecule has 0 aromatic heterocycles. The van der Waals surface area contributed by atoms with E-state index >= 15 is 0 Å². The Balaban J connectivity index is 4.23. The van der Waals surface area contributed by atoms with Crippen LogP contribution in [0.15, 0.2) is 0 Å². The predicted octanol–water partition coefficient (Wildman–Crippen LogP) is 0.257. The second-order valence-corrected chi connectivity index (χ2v) is 6.37. The van der Waals surface area contributed by atoms with E-state index in [2.05, 4.69) is 10.1 Å². The van der Waals surface area contributed by atoms with Crippen molar-refractivity contribution in [2.45, 2.75) is 26.3 Å². The monoisotopic (exact) mass is 281 g/mol. The number of hydrogen-bond donors (Lipinski definition) is 2. The Kier molecular flexibility index (Phi) is 6.67. The van der Waals surface area contributed by atoms with Crippen molar-refractivity contribution in [3.05, 3.63) is 0 Å². The van der Waals surface area contributed by atoms with Crippen molar-refractivity contribution in [3.63, 3.8) is 0 Å². The van der Waals surface area contributed by atoms with Crippen LogP contribution in [0.5, 0.6) is 0 Å². The van der Waals surface area contributed by atoms with Gasteiger partial charge < -0.3 is 15.2 Å². The maximum atomic E-state index is 11.3. The number of ether oxygens (including phenoxy) is 1. The molecule has 1 amide bonds. The summed E-state index contributed by atoms with van der Waals surface area (Å²) in [7, 11) is -3.21. The Morgan fingerprint density at radius 2 is 1.94 bits per heavy atom. The Bertz CT molecular complexity index is 391. The number of amides is 1. The molecule has 2 N–H and O–H groups in total. The van der Waals surface area contributed by atoms with Gasteiger partial charge in [0.2, 0.25) is 0 Å². The maximum Gasteiger partial charge on any atom is 0.407 e. The molecule has 0 spiro atoms. The first-order valence-electron chi connectivity index (χ1n) is 5.51. The summed E-state index contributed by atoms with van der Waals surface area (Å²) in [5.41, 5.74) is 0. The third kappa shape index (κ3) is 7.10. The zero-order valence-electron chi connectivity index (χ0n) is 10.7. The molecule has 0 aliphatic carbocycles. The normalized spacial score (nSPS) is 14.6. The number of alkyl carbamates (subject to hydrolysis) is 1. The fraction of sp³-hybridized carbons (Fsp3) is 0.800. The molecule has 8 heteroatoms. The summed E-state index contributed by atoms with van der Waals surface area (Å²) in [5, 5.41) is 11.1. The van der Waals surface area contributed by atoms with Gasteiger partial charge in [-0.2, -0.15) is 0 Å². The molecule has 2 atom stereocenters. The molecule has 0 fully saturated rings. The first-order chi connectivity index (χ1) is 8.17. The molecule has 0 heterocycles. The minimum Gasteiger partial charge on any atom is -0.480 e. The molecule has 0 aromatic rings. The lowest BCUT2D eigenvalue weighted by atomic mass is 10.00. The standard InChI is InChI=1S/C10H19NO6S/c1-4-7(2)8(9(12)13)11-10(14)17-5-6-18(3,15)16/h7-8H,4-6H2,1-3H3,(H,11,14)(H,12,13)/t7-,8-/m0/s1. The number of sulfone groups is 1. The van der Waals surface area contributed by atoms with Crippen molar-refractivity contribution in [3.8, 4) is 0 Å². The molecule has 0 radical (unpaired) electrons. The molecule has 0 aliphatic heterocycles. The largest absolute Gasteiger partial charge is 0.480 e. The van der Waals surface area contributed by atoms with Gasteiger partial charge >= 0.3 is 12.1 Å². The summed E-state index contributed by atoms with van der Waals surface area (Å²) in [5.74, 6) is -1.68. The topological polar surface area (TPSA) is 110 Å². The van der Waals surface area contributed by atoms with Gasteiger partial charge in [0.15, 0.2) is 9.84 Å². The van der Waals surface area contributed by atoms with Crippen molar-refractivity contribution < 1.29 is 27.9 Å². The van der Waals surface area contributed by atoms with Crippen LogP contribution in [-0.2, 0) is 19.4 Å². The van der Waals surface area contributed by atoms with Crippen LogP contribution in [0.3, 0.4) is 0 Å². The van der Waals surface area contributed by atoms with E-state index < -0.39 is 27.9 Å². The number of rotatable bonds is 7. The van der Waals surface area contributed by atoms with E-state index in [0.29, 0.717) is 6.42 Å². The van der Waals surface area contributed by atoms with Crippen LogP contribution < -0.4 is 5.32 Å². The highest BCUT2D eigenvalue weighted by atomic mass is 32.2. The number of carboxylic acid groups (broad SMARTS) is 1. The van der Waals surface area contributed by atoms with E-state index in [1.165, 1.54) is 0 Å². The predicted molar refractivity (Wildman–Crippen MR) is 65.1 cm³/mol. The van der Waals surface area contributed by atoms with Gasteiger partial charge in [0.1, 0.15) is 12.6 Å². The van der Waals surface area contributed by atoms with Gasteiger partial charge in [0.05, 0.1) is 5.75 Å². The van der Waals surface area contributed by atoms with Crippen LogP contribution in [-0.4, -0.2) is 50.2 Å². The summed E-state index contributed by atoms with van der Waals surface area (Å²) in [6, 6.07) is -1.04. The number of nitrogens with one attached hydrogen (secondary N) is 1. The smallest absolute Gasteiger partial charge is 0.407 e. The van der Waals surface area contributed by atoms with Gasteiger partial charge in [0.25, 0.3) is 0 Å². The van der Waals surface area contributed by atoms with Crippen molar-refractivity contribution in [2.24, 2.45) is 5.92 Å². The third-order valence-corrected chi connectivity index (χ3v) is 3.35. The van der Waals surface area contributed by atoms with Gasteiger partial charge in [-0.05, 0) is 5.92 Å². The van der Waals surface area contributed by atoms with Crippen LogP contribution >= 0.6 is 0 Å². The molecule has 0 rings (SSSR count). The SMILES string of the molecule is CC[C@H](C)[C@H](NC(=O)OCCS(C)(=O)=O)C(=O)O. The minimum absolute atomic E-state index is 0.245. The van der Waals surface area contributed by atoms with Gasteiger partial charge in [-0.3, -0.25) is 0 Å². The van der Waals surface area contributed by atoms with E-state index in [1.54, 1.807) is 13.8 Å². The second-order valence-electron chi connectivity index (χ2n) is 4.11. The molecule has 106 valence electrons. The summed E-state index contributed by atoms with van der Waals surface area (Å²) >= 11 is 0. The quantitative estimate of drug-likeness (QED) is 0.692. The zero-order chi connectivity index (χ0) is 14.3. The Morgan fingerprint density at radius 1 is 1.39 bits per heavy atom. The van der Waals surface area contributed by atoms with E-state index in [0.717, 1.165) is 6.26 Å². The Labute approximate surface area is 106 Å². The van der Waals surface area contributed by atoms with E-state index in [-0.39, 0.29) is 18.3 Å². The van der Waals surface area contributed by atoms with E-state index in [9.17, 15) is 18.0 Å². The van der Waals surface area contributed by atoms with E-state index in [1.807, 2.05) is 0 Å². The fourth-order valence-electron chi connectivity index (χ4n) is 1.14. The first-order valence-corrected chi connectivity index (χ1v) is 7.57. The molecule has 0 bridgehead atoms. The van der Waals surface area contributed by atoms with Crippen molar-refractivity contribution in [1.82, 2.24) is 5.32 Å². The van der Waals surface area contributed by atoms with Crippen molar-refractivity contribution in [2.75, 3.05) is 18.6 Å². The average molecular weight is 281 g/mol. The van der Waals surface area contributed by atoms with E-state index in [4.69, 9.17) is 5.11 Å². The van der Waals surface area contributed by atoms with Crippen LogP contribution in [0.1, 0.15) is 20.3 Å². The molecule has 7 nitrogen and oxygen atoms in total. The highest BCUT2D eigenvalue weighted by Gasteiger charge is 2.25. The van der Waals surface area contributed by atoms with Gasteiger partial charge in [-0.25, -0.2) is 18.0 Å². The highest BCUT2D eigenvalue weighted by molar-refractivity contribution is 7.90. The molecular weight excluding hydrogens is 262 g/mol. The van der Waals surface area contributed by atoms with Crippen molar-refractivity contribution >= 4 is 21.9 Å².